The lowest BCUT2D eigenvalue weighted by molar-refractivity contribution is 0.0162. The second-order valence-electron chi connectivity index (χ2n) is 9.44. The van der Waals surface area contributed by atoms with Crippen molar-refractivity contribution in [2.24, 2.45) is 10.9 Å². The SMILES string of the molecule is CCN(CC)CCCC(C)NC(=NC)NCCC1CCCN(C(=O)OC(C)(C)C)C1. The summed E-state index contributed by atoms with van der Waals surface area (Å²) in [6.45, 7) is 18.2. The molecule has 30 heavy (non-hydrogen) atoms. The Morgan fingerprint density at radius 3 is 2.60 bits per heavy atom. The van der Waals surface area contributed by atoms with Crippen LogP contribution in [0.1, 0.15) is 73.6 Å². The maximum atomic E-state index is 12.3. The van der Waals surface area contributed by atoms with E-state index in [1.165, 1.54) is 6.42 Å². The number of ether oxygens (including phenoxy) is 1. The summed E-state index contributed by atoms with van der Waals surface area (Å²) in [6, 6.07) is 0.393. The molecule has 0 aromatic heterocycles. The average molecular weight is 426 g/mol. The van der Waals surface area contributed by atoms with Crippen molar-refractivity contribution in [2.45, 2.75) is 85.3 Å². The Hall–Kier alpha value is -1.50. The molecule has 1 fully saturated rings. The molecule has 176 valence electrons. The lowest BCUT2D eigenvalue weighted by Gasteiger charge is -2.34. The van der Waals surface area contributed by atoms with Gasteiger partial charge in [0, 0.05) is 32.7 Å². The molecule has 2 unspecified atom stereocenters. The second kappa shape index (κ2) is 13.7. The minimum Gasteiger partial charge on any atom is -0.444 e. The van der Waals surface area contributed by atoms with Crippen LogP contribution in [0.25, 0.3) is 0 Å². The zero-order valence-corrected chi connectivity index (χ0v) is 20.6. The normalized spacial score (nSPS) is 19.0. The van der Waals surface area contributed by atoms with Crippen molar-refractivity contribution in [3.63, 3.8) is 0 Å². The Labute approximate surface area is 185 Å². The van der Waals surface area contributed by atoms with Crippen molar-refractivity contribution in [3.05, 3.63) is 0 Å². The van der Waals surface area contributed by atoms with Crippen molar-refractivity contribution >= 4 is 12.1 Å². The smallest absolute Gasteiger partial charge is 0.410 e. The highest BCUT2D eigenvalue weighted by atomic mass is 16.6. The summed E-state index contributed by atoms with van der Waals surface area (Å²) in [5.41, 5.74) is -0.439. The number of likely N-dealkylation sites (tertiary alicyclic amines) is 1. The molecular weight excluding hydrogens is 378 g/mol. The van der Waals surface area contributed by atoms with Gasteiger partial charge < -0.3 is 25.2 Å². The molecule has 0 aromatic carbocycles. The molecule has 0 bridgehead atoms. The van der Waals surface area contributed by atoms with Gasteiger partial charge in [0.25, 0.3) is 0 Å². The van der Waals surface area contributed by atoms with E-state index in [-0.39, 0.29) is 6.09 Å². The van der Waals surface area contributed by atoms with Crippen LogP contribution in [0.4, 0.5) is 4.79 Å². The lowest BCUT2D eigenvalue weighted by Crippen LogP contribution is -2.45. The van der Waals surface area contributed by atoms with E-state index in [1.54, 1.807) is 0 Å². The summed E-state index contributed by atoms with van der Waals surface area (Å²) in [7, 11) is 1.82. The number of carbonyl (C=O) groups is 1. The van der Waals surface area contributed by atoms with Gasteiger partial charge in [-0.05, 0) is 85.4 Å². The van der Waals surface area contributed by atoms with Gasteiger partial charge in [0.05, 0.1) is 0 Å². The molecule has 2 atom stereocenters. The Kier molecular flexibility index (Phi) is 12.1. The van der Waals surface area contributed by atoms with Crippen LogP contribution in [-0.4, -0.2) is 79.8 Å². The van der Waals surface area contributed by atoms with Crippen LogP contribution in [0.3, 0.4) is 0 Å². The first-order valence-electron chi connectivity index (χ1n) is 11.9. The second-order valence-corrected chi connectivity index (χ2v) is 9.44. The van der Waals surface area contributed by atoms with Crippen molar-refractivity contribution in [1.29, 1.82) is 0 Å². The molecule has 0 aromatic rings. The molecule has 1 heterocycles. The Balaban J connectivity index is 2.30. The third-order valence-electron chi connectivity index (χ3n) is 5.63. The van der Waals surface area contributed by atoms with Gasteiger partial charge in [-0.15, -0.1) is 0 Å². The van der Waals surface area contributed by atoms with Gasteiger partial charge in [0.2, 0.25) is 0 Å². The standard InChI is InChI=1S/C23H47N5O2/c1-8-27(9-2)16-10-12-19(3)26-21(24-7)25-15-14-20-13-11-17-28(18-20)22(29)30-23(4,5)6/h19-20H,8-18H2,1-7H3,(H2,24,25,26). The molecule has 7 nitrogen and oxygen atoms in total. The van der Waals surface area contributed by atoms with Crippen LogP contribution in [0.15, 0.2) is 4.99 Å². The maximum Gasteiger partial charge on any atom is 0.410 e. The quantitative estimate of drug-likeness (QED) is 0.413. The molecule has 2 N–H and O–H groups in total. The van der Waals surface area contributed by atoms with Crippen LogP contribution in [-0.2, 0) is 4.74 Å². The molecule has 1 saturated heterocycles. The first-order chi connectivity index (χ1) is 14.2. The summed E-state index contributed by atoms with van der Waals surface area (Å²) in [5, 5.41) is 6.95. The van der Waals surface area contributed by atoms with E-state index < -0.39 is 5.60 Å². The average Bonchev–Trinajstić information content (AvgIpc) is 2.69. The number of piperidine rings is 1. The van der Waals surface area contributed by atoms with Crippen LogP contribution in [0.2, 0.25) is 0 Å². The van der Waals surface area contributed by atoms with Crippen LogP contribution < -0.4 is 10.6 Å². The highest BCUT2D eigenvalue weighted by molar-refractivity contribution is 5.79. The Bertz CT molecular complexity index is 514. The molecule has 0 spiro atoms. The summed E-state index contributed by atoms with van der Waals surface area (Å²) in [5.74, 6) is 1.37. The summed E-state index contributed by atoms with van der Waals surface area (Å²) in [4.78, 5) is 21.0. The fraction of sp³-hybridized carbons (Fsp3) is 0.913. The predicted molar refractivity (Wildman–Crippen MR) is 126 cm³/mol. The molecule has 1 aliphatic heterocycles. The van der Waals surface area contributed by atoms with Gasteiger partial charge in [-0.25, -0.2) is 4.79 Å². The maximum absolute atomic E-state index is 12.3. The van der Waals surface area contributed by atoms with E-state index in [0.717, 1.165) is 70.9 Å². The molecule has 0 radical (unpaired) electrons. The van der Waals surface area contributed by atoms with Crippen LogP contribution in [0.5, 0.6) is 0 Å². The predicted octanol–water partition coefficient (Wildman–Crippen LogP) is 3.70. The molecule has 7 heteroatoms. The van der Waals surface area contributed by atoms with Crippen LogP contribution in [0, 0.1) is 5.92 Å². The summed E-state index contributed by atoms with van der Waals surface area (Å²) in [6.07, 6.45) is 5.36. The molecule has 0 saturated carbocycles. The van der Waals surface area contributed by atoms with Crippen molar-refractivity contribution in [2.75, 3.05) is 46.3 Å². The summed E-state index contributed by atoms with van der Waals surface area (Å²) >= 11 is 0. The minimum atomic E-state index is -0.439. The Morgan fingerprint density at radius 2 is 2.00 bits per heavy atom. The molecular formula is C23H47N5O2. The highest BCUT2D eigenvalue weighted by Crippen LogP contribution is 2.21. The van der Waals surface area contributed by atoms with Crippen molar-refractivity contribution in [3.8, 4) is 0 Å². The zero-order chi connectivity index (χ0) is 22.6. The monoisotopic (exact) mass is 425 g/mol. The lowest BCUT2D eigenvalue weighted by atomic mass is 9.95. The van der Waals surface area contributed by atoms with E-state index in [4.69, 9.17) is 4.74 Å². The van der Waals surface area contributed by atoms with E-state index in [2.05, 4.69) is 41.3 Å². The van der Waals surface area contributed by atoms with Crippen molar-refractivity contribution in [1.82, 2.24) is 20.4 Å². The molecule has 1 amide bonds. The topological polar surface area (TPSA) is 69.2 Å². The minimum absolute atomic E-state index is 0.184. The van der Waals surface area contributed by atoms with E-state index in [1.807, 2.05) is 32.7 Å². The number of guanidine groups is 1. The fourth-order valence-electron chi connectivity index (χ4n) is 3.85. The zero-order valence-electron chi connectivity index (χ0n) is 20.6. The number of aliphatic imine (C=N–C) groups is 1. The van der Waals surface area contributed by atoms with E-state index in [0.29, 0.717) is 12.0 Å². The van der Waals surface area contributed by atoms with E-state index >= 15 is 0 Å². The third kappa shape index (κ3) is 11.0. The Morgan fingerprint density at radius 1 is 1.30 bits per heavy atom. The number of nitrogens with one attached hydrogen (secondary N) is 2. The molecule has 1 rings (SSSR count). The van der Waals surface area contributed by atoms with Gasteiger partial charge in [0.1, 0.15) is 5.60 Å². The van der Waals surface area contributed by atoms with E-state index in [9.17, 15) is 4.79 Å². The largest absolute Gasteiger partial charge is 0.444 e. The van der Waals surface area contributed by atoms with Gasteiger partial charge in [-0.2, -0.15) is 0 Å². The number of nitrogens with zero attached hydrogens (tertiary/aromatic N) is 3. The number of hydrogen-bond donors (Lipinski definition) is 2. The van der Waals surface area contributed by atoms with Crippen LogP contribution >= 0.6 is 0 Å². The third-order valence-corrected chi connectivity index (χ3v) is 5.63. The van der Waals surface area contributed by atoms with Gasteiger partial charge in [-0.1, -0.05) is 13.8 Å². The van der Waals surface area contributed by atoms with Gasteiger partial charge in [-0.3, -0.25) is 4.99 Å². The first kappa shape index (κ1) is 26.5. The summed E-state index contributed by atoms with van der Waals surface area (Å²) < 4.78 is 5.53. The fourth-order valence-corrected chi connectivity index (χ4v) is 3.85. The number of rotatable bonds is 10. The van der Waals surface area contributed by atoms with Crippen molar-refractivity contribution < 1.29 is 9.53 Å². The number of hydrogen-bond acceptors (Lipinski definition) is 4. The van der Waals surface area contributed by atoms with Gasteiger partial charge >= 0.3 is 6.09 Å². The highest BCUT2D eigenvalue weighted by Gasteiger charge is 2.27. The number of carbonyl (C=O) groups excluding carboxylic acids is 1. The van der Waals surface area contributed by atoms with Gasteiger partial charge in [0.15, 0.2) is 5.96 Å². The first-order valence-corrected chi connectivity index (χ1v) is 11.9. The molecule has 0 aliphatic carbocycles. The molecule has 1 aliphatic rings. The number of amides is 1.